The second-order valence-electron chi connectivity index (χ2n) is 4.82. The lowest BCUT2D eigenvalue weighted by Crippen LogP contribution is -2.11. The van der Waals surface area contributed by atoms with Gasteiger partial charge in [-0.2, -0.15) is 5.26 Å². The average molecular weight is 245 g/mol. The molecule has 3 heteroatoms. The van der Waals surface area contributed by atoms with Gasteiger partial charge in [0.2, 0.25) is 0 Å². The van der Waals surface area contributed by atoms with Crippen LogP contribution in [0.3, 0.4) is 0 Å². The fourth-order valence-corrected chi connectivity index (χ4v) is 2.41. The highest BCUT2D eigenvalue weighted by Crippen LogP contribution is 2.25. The van der Waals surface area contributed by atoms with Gasteiger partial charge in [0.15, 0.2) is 0 Å². The van der Waals surface area contributed by atoms with E-state index < -0.39 is 0 Å². The predicted octanol–water partition coefficient (Wildman–Crippen LogP) is 3.12. The molecule has 0 aliphatic carbocycles. The molecule has 1 heterocycles. The van der Waals surface area contributed by atoms with E-state index in [4.69, 9.17) is 14.7 Å². The number of ether oxygens (including phenoxy) is 2. The fraction of sp³-hybridized carbons (Fsp3) is 0.533. The van der Waals surface area contributed by atoms with Crippen molar-refractivity contribution in [3.8, 4) is 11.8 Å². The van der Waals surface area contributed by atoms with Gasteiger partial charge in [-0.15, -0.1) is 0 Å². The minimum atomic E-state index is 0.365. The Hall–Kier alpha value is -1.53. The normalized spacial score (nSPS) is 18.6. The highest BCUT2D eigenvalue weighted by molar-refractivity contribution is 5.47. The van der Waals surface area contributed by atoms with Crippen LogP contribution in [0.15, 0.2) is 12.1 Å². The molecule has 0 saturated carbocycles. The lowest BCUT2D eigenvalue weighted by molar-refractivity contribution is 0.0901. The largest absolute Gasteiger partial charge is 0.493 e. The molecular weight excluding hydrogens is 226 g/mol. The van der Waals surface area contributed by atoms with Gasteiger partial charge in [-0.05, 0) is 49.9 Å². The zero-order valence-electron chi connectivity index (χ0n) is 11.0. The molecule has 1 saturated heterocycles. The van der Waals surface area contributed by atoms with E-state index in [1.807, 2.05) is 26.0 Å². The number of rotatable bonds is 4. The fourth-order valence-electron chi connectivity index (χ4n) is 2.41. The summed E-state index contributed by atoms with van der Waals surface area (Å²) in [7, 11) is 0. The minimum Gasteiger partial charge on any atom is -0.493 e. The van der Waals surface area contributed by atoms with Gasteiger partial charge in [0, 0.05) is 13.0 Å². The van der Waals surface area contributed by atoms with Gasteiger partial charge in [-0.3, -0.25) is 0 Å². The van der Waals surface area contributed by atoms with Crippen molar-refractivity contribution in [1.29, 1.82) is 5.26 Å². The Bertz CT molecular complexity index is 433. The van der Waals surface area contributed by atoms with Gasteiger partial charge < -0.3 is 9.47 Å². The first kappa shape index (κ1) is 12.9. The van der Waals surface area contributed by atoms with Crippen LogP contribution in [-0.4, -0.2) is 19.3 Å². The Morgan fingerprint density at radius 2 is 2.11 bits per heavy atom. The second-order valence-corrected chi connectivity index (χ2v) is 4.82. The summed E-state index contributed by atoms with van der Waals surface area (Å²) in [5.74, 6) is 0.909. The van der Waals surface area contributed by atoms with Crippen molar-refractivity contribution < 1.29 is 9.47 Å². The summed E-state index contributed by atoms with van der Waals surface area (Å²) in [4.78, 5) is 0. The van der Waals surface area contributed by atoms with Crippen molar-refractivity contribution in [2.75, 3.05) is 13.2 Å². The molecule has 0 N–H and O–H groups in total. The second kappa shape index (κ2) is 5.88. The molecule has 1 aliphatic rings. The lowest BCUT2D eigenvalue weighted by atomic mass is 10.1. The first-order valence-corrected chi connectivity index (χ1v) is 6.46. The Morgan fingerprint density at radius 1 is 1.39 bits per heavy atom. The molecule has 1 aliphatic heterocycles. The van der Waals surface area contributed by atoms with Gasteiger partial charge in [-0.1, -0.05) is 0 Å². The minimum absolute atomic E-state index is 0.365. The van der Waals surface area contributed by atoms with Gasteiger partial charge in [-0.25, -0.2) is 0 Å². The van der Waals surface area contributed by atoms with Crippen LogP contribution in [0.25, 0.3) is 0 Å². The third-order valence-electron chi connectivity index (χ3n) is 3.30. The Morgan fingerprint density at radius 3 is 2.67 bits per heavy atom. The predicted molar refractivity (Wildman–Crippen MR) is 69.7 cm³/mol. The number of nitrogens with zero attached hydrogens (tertiary/aromatic N) is 1. The number of nitriles is 1. The number of hydrogen-bond acceptors (Lipinski definition) is 3. The van der Waals surface area contributed by atoms with E-state index in [9.17, 15) is 0 Å². The summed E-state index contributed by atoms with van der Waals surface area (Å²) in [5, 5.41) is 8.89. The van der Waals surface area contributed by atoms with Crippen molar-refractivity contribution in [3.05, 3.63) is 28.8 Å². The zero-order chi connectivity index (χ0) is 13.0. The highest BCUT2D eigenvalue weighted by Gasteiger charge is 2.15. The molecule has 0 radical (unpaired) electrons. The molecule has 0 spiro atoms. The quantitative estimate of drug-likeness (QED) is 0.818. The van der Waals surface area contributed by atoms with Crippen molar-refractivity contribution >= 4 is 0 Å². The van der Waals surface area contributed by atoms with Gasteiger partial charge in [0.25, 0.3) is 0 Å². The number of hydrogen-bond donors (Lipinski definition) is 0. The molecule has 18 heavy (non-hydrogen) atoms. The average Bonchev–Trinajstić information content (AvgIpc) is 2.85. The maximum atomic E-state index is 8.89. The molecule has 0 aromatic heterocycles. The van der Waals surface area contributed by atoms with Crippen molar-refractivity contribution in [2.45, 2.75) is 39.2 Å². The highest BCUT2D eigenvalue weighted by atomic mass is 16.5. The van der Waals surface area contributed by atoms with Crippen LogP contribution in [0.1, 0.15) is 36.0 Å². The van der Waals surface area contributed by atoms with E-state index in [1.165, 1.54) is 6.42 Å². The summed E-state index contributed by atoms with van der Waals surface area (Å²) < 4.78 is 11.4. The Labute approximate surface area is 108 Å². The summed E-state index contributed by atoms with van der Waals surface area (Å²) in [5.41, 5.74) is 2.74. The summed E-state index contributed by atoms with van der Waals surface area (Å²) in [6, 6.07) is 5.90. The maximum Gasteiger partial charge on any atom is 0.125 e. The van der Waals surface area contributed by atoms with Crippen LogP contribution in [-0.2, 0) is 4.74 Å². The van der Waals surface area contributed by atoms with Crippen LogP contribution >= 0.6 is 0 Å². The molecule has 1 aromatic carbocycles. The Kier molecular flexibility index (Phi) is 4.22. The first-order chi connectivity index (χ1) is 8.70. The third-order valence-corrected chi connectivity index (χ3v) is 3.30. The van der Waals surface area contributed by atoms with E-state index in [1.54, 1.807) is 0 Å². The molecule has 1 aromatic rings. The van der Waals surface area contributed by atoms with Crippen LogP contribution in [0.5, 0.6) is 5.75 Å². The molecule has 1 fully saturated rings. The van der Waals surface area contributed by atoms with Crippen molar-refractivity contribution in [2.24, 2.45) is 0 Å². The van der Waals surface area contributed by atoms with Crippen molar-refractivity contribution in [1.82, 2.24) is 0 Å². The topological polar surface area (TPSA) is 42.2 Å². The standard InChI is InChI=1S/C15H19NO2/c1-11-8-13(10-16)9-12(2)15(11)18-7-5-14-4-3-6-17-14/h8-9,14H,3-7H2,1-2H3. The summed E-state index contributed by atoms with van der Waals surface area (Å²) >= 11 is 0. The van der Waals surface area contributed by atoms with Gasteiger partial charge in [0.1, 0.15) is 5.75 Å². The van der Waals surface area contributed by atoms with Gasteiger partial charge >= 0.3 is 0 Å². The van der Waals surface area contributed by atoms with E-state index >= 15 is 0 Å². The molecule has 3 nitrogen and oxygen atoms in total. The van der Waals surface area contributed by atoms with Crippen molar-refractivity contribution in [3.63, 3.8) is 0 Å². The van der Waals surface area contributed by atoms with E-state index in [0.717, 1.165) is 36.3 Å². The Balaban J connectivity index is 1.94. The smallest absolute Gasteiger partial charge is 0.125 e. The first-order valence-electron chi connectivity index (χ1n) is 6.46. The van der Waals surface area contributed by atoms with Crippen LogP contribution in [0.2, 0.25) is 0 Å². The maximum absolute atomic E-state index is 8.89. The van der Waals surface area contributed by atoms with E-state index in [0.29, 0.717) is 18.3 Å². The van der Waals surface area contributed by atoms with Crippen LogP contribution in [0.4, 0.5) is 0 Å². The summed E-state index contributed by atoms with van der Waals surface area (Å²) in [6.07, 6.45) is 3.62. The summed E-state index contributed by atoms with van der Waals surface area (Å²) in [6.45, 7) is 5.53. The molecule has 2 rings (SSSR count). The molecule has 1 unspecified atom stereocenters. The molecular formula is C15H19NO2. The number of aryl methyl sites for hydroxylation is 2. The molecule has 1 atom stereocenters. The van der Waals surface area contributed by atoms with E-state index in [2.05, 4.69) is 6.07 Å². The zero-order valence-corrected chi connectivity index (χ0v) is 11.0. The van der Waals surface area contributed by atoms with Crippen LogP contribution < -0.4 is 4.74 Å². The number of benzene rings is 1. The molecule has 96 valence electrons. The molecule has 0 bridgehead atoms. The third kappa shape index (κ3) is 3.02. The van der Waals surface area contributed by atoms with Gasteiger partial charge in [0.05, 0.1) is 24.3 Å². The monoisotopic (exact) mass is 245 g/mol. The molecule has 0 amide bonds. The SMILES string of the molecule is Cc1cc(C#N)cc(C)c1OCCC1CCCO1. The van der Waals surface area contributed by atoms with Crippen LogP contribution in [0, 0.1) is 25.2 Å². The lowest BCUT2D eigenvalue weighted by Gasteiger charge is -2.14. The van der Waals surface area contributed by atoms with E-state index in [-0.39, 0.29) is 0 Å².